The molecule has 202 valence electrons. The summed E-state index contributed by atoms with van der Waals surface area (Å²) in [4.78, 5) is 39.5. The summed E-state index contributed by atoms with van der Waals surface area (Å²) in [6, 6.07) is 23.9. The van der Waals surface area contributed by atoms with E-state index in [0.717, 1.165) is 54.7 Å². The molecule has 0 radical (unpaired) electrons. The van der Waals surface area contributed by atoms with E-state index in [0.29, 0.717) is 37.2 Å². The number of aryl methyl sites for hydroxylation is 2. The van der Waals surface area contributed by atoms with Gasteiger partial charge in [-0.3, -0.25) is 14.9 Å². The number of nitrogens with zero attached hydrogens (tertiary/aromatic N) is 2. The third-order valence-corrected chi connectivity index (χ3v) is 8.49. The van der Waals surface area contributed by atoms with Crippen LogP contribution in [0.5, 0.6) is 0 Å². The van der Waals surface area contributed by atoms with Crippen molar-refractivity contribution in [2.45, 2.75) is 39.1 Å². The highest BCUT2D eigenvalue weighted by atomic mass is 16.6. The molecule has 0 fully saturated rings. The van der Waals surface area contributed by atoms with E-state index in [1.54, 1.807) is 0 Å². The van der Waals surface area contributed by atoms with E-state index in [1.165, 1.54) is 0 Å². The minimum atomic E-state index is -0.467. The normalized spacial score (nSPS) is 16.4. The molecule has 2 aliphatic rings. The maximum Gasteiger partial charge on any atom is 0.407 e. The predicted molar refractivity (Wildman–Crippen MR) is 157 cm³/mol. The number of nitrogens with one attached hydrogen (secondary N) is 2. The van der Waals surface area contributed by atoms with Gasteiger partial charge >= 0.3 is 6.09 Å². The van der Waals surface area contributed by atoms with Crippen molar-refractivity contribution in [3.05, 3.63) is 95.1 Å². The summed E-state index contributed by atoms with van der Waals surface area (Å²) in [5.41, 5.74) is 6.75. The fourth-order valence-corrected chi connectivity index (χ4v) is 6.70. The maximum atomic E-state index is 13.3. The lowest BCUT2D eigenvalue weighted by atomic mass is 9.96. The van der Waals surface area contributed by atoms with E-state index >= 15 is 0 Å². The average molecular weight is 543 g/mol. The van der Waals surface area contributed by atoms with Crippen LogP contribution in [0.4, 0.5) is 4.79 Å². The predicted octanol–water partition coefficient (Wildman–Crippen LogP) is 5.79. The van der Waals surface area contributed by atoms with Crippen molar-refractivity contribution in [2.24, 2.45) is 0 Å². The second kappa shape index (κ2) is 8.69. The quantitative estimate of drug-likeness (QED) is 0.277. The number of fused-ring (bicyclic) bond motifs is 9. The Kier molecular flexibility index (Phi) is 5.04. The number of amides is 3. The Balaban J connectivity index is 1.31. The summed E-state index contributed by atoms with van der Waals surface area (Å²) >= 11 is 0. The number of aromatic nitrogens is 2. The third kappa shape index (κ3) is 3.43. The second-order valence-corrected chi connectivity index (χ2v) is 10.9. The number of ether oxygens (including phenoxy) is 1. The molecule has 3 amide bonds. The van der Waals surface area contributed by atoms with E-state index in [1.807, 2.05) is 79.7 Å². The van der Waals surface area contributed by atoms with Crippen molar-refractivity contribution in [3.8, 4) is 0 Å². The maximum absolute atomic E-state index is 13.3. The standard InChI is InChI=1S/C33H26N4O4/c1-18-10-12-19(13-11-18)16-34-33(40)41-20-14-15-36-23-8-4-2-6-21(23)25-27-28(32(39)35-31(27)38)26-22-7-3-5-9-24(22)37(17-20)30(26)29(25)36/h2-13,20H,14-17H2,1H3,(H,34,40)(H,35,38,39). The van der Waals surface area contributed by atoms with Crippen LogP contribution in [0.3, 0.4) is 0 Å². The monoisotopic (exact) mass is 542 g/mol. The first kappa shape index (κ1) is 23.7. The zero-order valence-corrected chi connectivity index (χ0v) is 22.4. The van der Waals surface area contributed by atoms with Crippen LogP contribution in [0.25, 0.3) is 43.6 Å². The summed E-state index contributed by atoms with van der Waals surface area (Å²) < 4.78 is 10.4. The van der Waals surface area contributed by atoms with E-state index < -0.39 is 12.2 Å². The van der Waals surface area contributed by atoms with Gasteiger partial charge in [-0.1, -0.05) is 66.2 Å². The van der Waals surface area contributed by atoms with E-state index in [4.69, 9.17) is 4.74 Å². The summed E-state index contributed by atoms with van der Waals surface area (Å²) in [6.45, 7) is 3.42. The van der Waals surface area contributed by atoms with Crippen molar-refractivity contribution in [3.63, 3.8) is 0 Å². The molecule has 0 aliphatic carbocycles. The molecular formula is C33H26N4O4. The molecule has 41 heavy (non-hydrogen) atoms. The molecule has 0 saturated carbocycles. The summed E-state index contributed by atoms with van der Waals surface area (Å²) in [7, 11) is 0. The number of imide groups is 1. The molecule has 4 aromatic carbocycles. The minimum Gasteiger partial charge on any atom is -0.444 e. The van der Waals surface area contributed by atoms with Crippen molar-refractivity contribution in [1.82, 2.24) is 19.8 Å². The first-order chi connectivity index (χ1) is 20.0. The van der Waals surface area contributed by atoms with Gasteiger partial charge in [0.2, 0.25) is 0 Å². The van der Waals surface area contributed by atoms with Gasteiger partial charge in [-0.2, -0.15) is 0 Å². The average Bonchev–Trinajstić information content (AvgIpc) is 3.57. The number of para-hydroxylation sites is 2. The van der Waals surface area contributed by atoms with Gasteiger partial charge < -0.3 is 19.2 Å². The van der Waals surface area contributed by atoms with Crippen LogP contribution in [0, 0.1) is 6.92 Å². The molecular weight excluding hydrogens is 516 g/mol. The second-order valence-electron chi connectivity index (χ2n) is 10.9. The smallest absolute Gasteiger partial charge is 0.407 e. The SMILES string of the molecule is Cc1ccc(CNC(=O)OC2CCn3c4ccccc4c4c5c(c6c7ccccc7n(c6c43)C2)C(=O)NC5=O)cc1. The Morgan fingerprint density at radius 2 is 1.44 bits per heavy atom. The van der Waals surface area contributed by atoms with Crippen molar-refractivity contribution in [2.75, 3.05) is 0 Å². The molecule has 0 bridgehead atoms. The molecule has 2 N–H and O–H groups in total. The Hall–Kier alpha value is -5.11. The van der Waals surface area contributed by atoms with Crippen LogP contribution in [0.1, 0.15) is 38.3 Å². The van der Waals surface area contributed by atoms with Gasteiger partial charge in [-0.15, -0.1) is 0 Å². The number of hydrogen-bond acceptors (Lipinski definition) is 4. The Labute approximate surface area is 234 Å². The highest BCUT2D eigenvalue weighted by Crippen LogP contribution is 2.45. The Bertz CT molecular complexity index is 2100. The number of carbonyl (C=O) groups excluding carboxylic acids is 3. The van der Waals surface area contributed by atoms with Gasteiger partial charge in [0.25, 0.3) is 11.8 Å². The molecule has 2 aromatic heterocycles. The molecule has 0 spiro atoms. The van der Waals surface area contributed by atoms with Crippen LogP contribution < -0.4 is 10.6 Å². The lowest BCUT2D eigenvalue weighted by Crippen LogP contribution is -2.32. The van der Waals surface area contributed by atoms with Crippen LogP contribution >= 0.6 is 0 Å². The van der Waals surface area contributed by atoms with Gasteiger partial charge in [0, 0.05) is 52.1 Å². The van der Waals surface area contributed by atoms with Gasteiger partial charge in [0.1, 0.15) is 6.10 Å². The van der Waals surface area contributed by atoms with Crippen LogP contribution in [-0.4, -0.2) is 33.1 Å². The minimum absolute atomic E-state index is 0.361. The Morgan fingerprint density at radius 3 is 2.10 bits per heavy atom. The highest BCUT2D eigenvalue weighted by Gasteiger charge is 2.37. The van der Waals surface area contributed by atoms with Crippen LogP contribution in [0.15, 0.2) is 72.8 Å². The molecule has 8 nitrogen and oxygen atoms in total. The summed E-state index contributed by atoms with van der Waals surface area (Å²) in [6.07, 6.45) is -0.299. The number of hydrogen-bond donors (Lipinski definition) is 2. The summed E-state index contributed by atoms with van der Waals surface area (Å²) in [5.74, 6) is -0.739. The largest absolute Gasteiger partial charge is 0.444 e. The zero-order chi connectivity index (χ0) is 27.8. The lowest BCUT2D eigenvalue weighted by Gasteiger charge is -2.24. The lowest BCUT2D eigenvalue weighted by molar-refractivity contribution is 0.0804. The topological polar surface area (TPSA) is 94.4 Å². The van der Waals surface area contributed by atoms with Crippen molar-refractivity contribution in [1.29, 1.82) is 0 Å². The van der Waals surface area contributed by atoms with Crippen molar-refractivity contribution >= 4 is 61.5 Å². The molecule has 1 atom stereocenters. The fraction of sp³-hybridized carbons (Fsp3) is 0.182. The molecule has 6 aromatic rings. The molecule has 8 rings (SSSR count). The van der Waals surface area contributed by atoms with Gasteiger partial charge in [0.15, 0.2) is 0 Å². The molecule has 0 saturated heterocycles. The molecule has 8 heteroatoms. The third-order valence-electron chi connectivity index (χ3n) is 8.49. The molecule has 2 aliphatic heterocycles. The van der Waals surface area contributed by atoms with E-state index in [9.17, 15) is 14.4 Å². The van der Waals surface area contributed by atoms with Crippen molar-refractivity contribution < 1.29 is 19.1 Å². The zero-order valence-electron chi connectivity index (χ0n) is 22.4. The summed E-state index contributed by atoms with van der Waals surface area (Å²) in [5, 5.41) is 8.84. The van der Waals surface area contributed by atoms with E-state index in [-0.39, 0.29) is 11.8 Å². The van der Waals surface area contributed by atoms with Gasteiger partial charge in [-0.25, -0.2) is 4.79 Å². The highest BCUT2D eigenvalue weighted by molar-refractivity contribution is 6.39. The Morgan fingerprint density at radius 1 is 0.854 bits per heavy atom. The van der Waals surface area contributed by atoms with Crippen LogP contribution in [0.2, 0.25) is 0 Å². The van der Waals surface area contributed by atoms with Gasteiger partial charge in [0.05, 0.1) is 28.7 Å². The number of benzene rings is 4. The first-order valence-electron chi connectivity index (χ1n) is 13.8. The number of rotatable bonds is 3. The number of alkyl carbamates (subject to hydrolysis) is 1. The molecule has 1 unspecified atom stereocenters. The number of carbonyl (C=O) groups is 3. The van der Waals surface area contributed by atoms with E-state index in [2.05, 4.69) is 19.8 Å². The molecule has 4 heterocycles. The first-order valence-corrected chi connectivity index (χ1v) is 13.8. The van der Waals surface area contributed by atoms with Crippen LogP contribution in [-0.2, 0) is 24.4 Å². The van der Waals surface area contributed by atoms with Gasteiger partial charge in [-0.05, 0) is 24.6 Å². The fourth-order valence-electron chi connectivity index (χ4n) is 6.70.